The minimum atomic E-state index is -0.550. The van der Waals surface area contributed by atoms with Gasteiger partial charge in [0.15, 0.2) is 0 Å². The standard InChI is InChI=1S/C13H21N3O5/c1-5-19-11(17)9-8-15-16-10(9)20-7-6-14-12(18)21-13(2,3)4/h8H,5-7H2,1-4H3,(H,14,18)(H,15,16). The first-order valence-electron chi connectivity index (χ1n) is 6.63. The molecular weight excluding hydrogens is 278 g/mol. The molecule has 1 amide bonds. The molecular formula is C13H21N3O5. The monoisotopic (exact) mass is 299 g/mol. The van der Waals surface area contributed by atoms with E-state index in [9.17, 15) is 9.59 Å². The molecule has 0 atom stereocenters. The molecule has 0 saturated heterocycles. The zero-order chi connectivity index (χ0) is 15.9. The lowest BCUT2D eigenvalue weighted by atomic mass is 10.2. The van der Waals surface area contributed by atoms with E-state index < -0.39 is 17.7 Å². The summed E-state index contributed by atoms with van der Waals surface area (Å²) >= 11 is 0. The van der Waals surface area contributed by atoms with Crippen molar-refractivity contribution in [1.82, 2.24) is 15.5 Å². The van der Waals surface area contributed by atoms with Crippen LogP contribution >= 0.6 is 0 Å². The molecule has 0 radical (unpaired) electrons. The molecule has 0 aliphatic heterocycles. The maximum Gasteiger partial charge on any atom is 0.407 e. The molecule has 0 bridgehead atoms. The number of carbonyl (C=O) groups excluding carboxylic acids is 2. The van der Waals surface area contributed by atoms with Crippen molar-refractivity contribution < 1.29 is 23.8 Å². The Morgan fingerprint density at radius 3 is 2.71 bits per heavy atom. The Bertz CT molecular complexity index is 478. The van der Waals surface area contributed by atoms with Crippen molar-refractivity contribution in [3.8, 4) is 5.88 Å². The molecule has 0 fully saturated rings. The number of nitrogens with one attached hydrogen (secondary N) is 2. The number of aromatic nitrogens is 2. The second-order valence-corrected chi connectivity index (χ2v) is 5.11. The Labute approximate surface area is 123 Å². The third kappa shape index (κ3) is 6.15. The van der Waals surface area contributed by atoms with Gasteiger partial charge in [0.05, 0.1) is 19.3 Å². The highest BCUT2D eigenvalue weighted by atomic mass is 16.6. The zero-order valence-electron chi connectivity index (χ0n) is 12.7. The number of hydrogen-bond acceptors (Lipinski definition) is 6. The first kappa shape index (κ1) is 16.8. The lowest BCUT2D eigenvalue weighted by Crippen LogP contribution is -2.34. The molecule has 0 aromatic carbocycles. The third-order valence-corrected chi connectivity index (χ3v) is 2.12. The van der Waals surface area contributed by atoms with Crippen LogP contribution in [0.2, 0.25) is 0 Å². The van der Waals surface area contributed by atoms with Crippen LogP contribution in [0.5, 0.6) is 5.88 Å². The van der Waals surface area contributed by atoms with Crippen molar-refractivity contribution in [1.29, 1.82) is 0 Å². The van der Waals surface area contributed by atoms with Gasteiger partial charge in [-0.3, -0.25) is 0 Å². The molecule has 118 valence electrons. The number of alkyl carbamates (subject to hydrolysis) is 1. The summed E-state index contributed by atoms with van der Waals surface area (Å²) in [7, 11) is 0. The molecule has 0 aliphatic rings. The van der Waals surface area contributed by atoms with Gasteiger partial charge in [0.2, 0.25) is 5.88 Å². The quantitative estimate of drug-likeness (QED) is 0.609. The van der Waals surface area contributed by atoms with Crippen LogP contribution in [0, 0.1) is 0 Å². The fraction of sp³-hybridized carbons (Fsp3) is 0.615. The van der Waals surface area contributed by atoms with E-state index in [1.165, 1.54) is 6.20 Å². The van der Waals surface area contributed by atoms with Gasteiger partial charge in [0.25, 0.3) is 0 Å². The average molecular weight is 299 g/mol. The summed E-state index contributed by atoms with van der Waals surface area (Å²) in [5, 5.41) is 8.82. The maximum absolute atomic E-state index is 11.6. The summed E-state index contributed by atoms with van der Waals surface area (Å²) in [6.45, 7) is 7.70. The topological polar surface area (TPSA) is 103 Å². The lowest BCUT2D eigenvalue weighted by molar-refractivity contribution is 0.0501. The van der Waals surface area contributed by atoms with E-state index in [0.29, 0.717) is 0 Å². The minimum Gasteiger partial charge on any atom is -0.475 e. The molecule has 0 aliphatic carbocycles. The second-order valence-electron chi connectivity index (χ2n) is 5.11. The molecule has 8 heteroatoms. The van der Waals surface area contributed by atoms with Gasteiger partial charge in [-0.15, -0.1) is 0 Å². The summed E-state index contributed by atoms with van der Waals surface area (Å²) in [4.78, 5) is 23.0. The molecule has 0 saturated carbocycles. The molecule has 1 aromatic heterocycles. The number of carbonyl (C=O) groups is 2. The molecule has 8 nitrogen and oxygen atoms in total. The molecule has 2 N–H and O–H groups in total. The minimum absolute atomic E-state index is 0.161. The van der Waals surface area contributed by atoms with E-state index in [2.05, 4.69) is 15.5 Å². The van der Waals surface area contributed by atoms with Gasteiger partial charge in [-0.05, 0) is 27.7 Å². The maximum atomic E-state index is 11.6. The van der Waals surface area contributed by atoms with Crippen molar-refractivity contribution in [2.45, 2.75) is 33.3 Å². The van der Waals surface area contributed by atoms with E-state index in [-0.39, 0.29) is 31.2 Å². The van der Waals surface area contributed by atoms with Crippen molar-refractivity contribution in [2.24, 2.45) is 0 Å². The van der Waals surface area contributed by atoms with E-state index in [1.807, 2.05) is 0 Å². The summed E-state index contributed by atoms with van der Waals surface area (Å²) in [5.74, 6) is -0.305. The number of nitrogens with zero attached hydrogens (tertiary/aromatic N) is 1. The van der Waals surface area contributed by atoms with Crippen LogP contribution in [0.15, 0.2) is 6.20 Å². The van der Waals surface area contributed by atoms with Crippen LogP contribution in [0.1, 0.15) is 38.1 Å². The Morgan fingerprint density at radius 1 is 1.38 bits per heavy atom. The van der Waals surface area contributed by atoms with E-state index in [4.69, 9.17) is 14.2 Å². The Morgan fingerprint density at radius 2 is 2.10 bits per heavy atom. The predicted molar refractivity (Wildman–Crippen MR) is 74.3 cm³/mol. The van der Waals surface area contributed by atoms with Crippen molar-refractivity contribution in [3.05, 3.63) is 11.8 Å². The summed E-state index contributed by atoms with van der Waals surface area (Å²) in [5.41, 5.74) is -0.333. The highest BCUT2D eigenvalue weighted by Gasteiger charge is 2.17. The van der Waals surface area contributed by atoms with Gasteiger partial charge in [0.1, 0.15) is 17.8 Å². The highest BCUT2D eigenvalue weighted by Crippen LogP contribution is 2.14. The third-order valence-electron chi connectivity index (χ3n) is 2.12. The second kappa shape index (κ2) is 7.51. The molecule has 21 heavy (non-hydrogen) atoms. The van der Waals surface area contributed by atoms with Gasteiger partial charge in [-0.2, -0.15) is 5.10 Å². The Hall–Kier alpha value is -2.25. The average Bonchev–Trinajstić information content (AvgIpc) is 2.81. The number of ether oxygens (including phenoxy) is 3. The van der Waals surface area contributed by atoms with Crippen molar-refractivity contribution in [2.75, 3.05) is 19.8 Å². The summed E-state index contributed by atoms with van der Waals surface area (Å²) in [6, 6.07) is 0. The van der Waals surface area contributed by atoms with Gasteiger partial charge >= 0.3 is 12.1 Å². The smallest absolute Gasteiger partial charge is 0.407 e. The molecule has 0 unspecified atom stereocenters. The van der Waals surface area contributed by atoms with Gasteiger partial charge in [-0.25, -0.2) is 14.7 Å². The number of hydrogen-bond donors (Lipinski definition) is 2. The van der Waals surface area contributed by atoms with E-state index in [1.54, 1.807) is 27.7 Å². The molecule has 1 aromatic rings. The number of H-pyrrole nitrogens is 1. The fourth-order valence-electron chi connectivity index (χ4n) is 1.36. The van der Waals surface area contributed by atoms with Gasteiger partial charge < -0.3 is 19.5 Å². The lowest BCUT2D eigenvalue weighted by Gasteiger charge is -2.19. The molecule has 1 heterocycles. The largest absolute Gasteiger partial charge is 0.475 e. The van der Waals surface area contributed by atoms with Crippen LogP contribution in [0.4, 0.5) is 4.79 Å². The number of esters is 1. The Kier molecular flexibility index (Phi) is 6.01. The van der Waals surface area contributed by atoms with Gasteiger partial charge in [-0.1, -0.05) is 0 Å². The number of amides is 1. The van der Waals surface area contributed by atoms with Crippen LogP contribution < -0.4 is 10.1 Å². The van der Waals surface area contributed by atoms with Crippen LogP contribution in [0.3, 0.4) is 0 Å². The molecule has 1 rings (SSSR count). The summed E-state index contributed by atoms with van der Waals surface area (Å²) in [6.07, 6.45) is 0.801. The number of aromatic amines is 1. The van der Waals surface area contributed by atoms with Crippen LogP contribution in [-0.4, -0.2) is 47.6 Å². The fourth-order valence-corrected chi connectivity index (χ4v) is 1.36. The van der Waals surface area contributed by atoms with Crippen molar-refractivity contribution >= 4 is 12.1 Å². The number of rotatable bonds is 6. The van der Waals surface area contributed by atoms with Crippen LogP contribution in [0.25, 0.3) is 0 Å². The Balaban J connectivity index is 2.35. The zero-order valence-corrected chi connectivity index (χ0v) is 12.7. The van der Waals surface area contributed by atoms with E-state index in [0.717, 1.165) is 0 Å². The first-order chi connectivity index (χ1) is 9.83. The highest BCUT2D eigenvalue weighted by molar-refractivity contribution is 5.91. The van der Waals surface area contributed by atoms with Crippen LogP contribution in [-0.2, 0) is 9.47 Å². The van der Waals surface area contributed by atoms with Gasteiger partial charge in [0, 0.05) is 0 Å². The van der Waals surface area contributed by atoms with E-state index >= 15 is 0 Å². The normalized spacial score (nSPS) is 10.9. The predicted octanol–water partition coefficient (Wildman–Crippen LogP) is 1.49. The molecule has 0 spiro atoms. The SMILES string of the molecule is CCOC(=O)c1cn[nH]c1OCCNC(=O)OC(C)(C)C. The first-order valence-corrected chi connectivity index (χ1v) is 6.63. The summed E-state index contributed by atoms with van der Waals surface area (Å²) < 4.78 is 15.3. The van der Waals surface area contributed by atoms with Crippen molar-refractivity contribution in [3.63, 3.8) is 0 Å².